The first-order valence-electron chi connectivity index (χ1n) is 9.64. The molecule has 1 N–H and O–H groups in total. The third kappa shape index (κ3) is 3.65. The van der Waals surface area contributed by atoms with Gasteiger partial charge in [0.1, 0.15) is 12.1 Å². The Hall–Kier alpha value is -3.09. The van der Waals surface area contributed by atoms with Crippen molar-refractivity contribution in [1.29, 1.82) is 0 Å². The number of nitrogens with one attached hydrogen (secondary N) is 1. The lowest BCUT2D eigenvalue weighted by Crippen LogP contribution is -2.45. The average molecular weight is 380 g/mol. The monoisotopic (exact) mass is 380 g/mol. The number of carbonyl (C=O) groups is 2. The van der Waals surface area contributed by atoms with Crippen LogP contribution >= 0.6 is 0 Å². The third-order valence-corrected chi connectivity index (χ3v) is 5.33. The third-order valence-electron chi connectivity index (χ3n) is 5.33. The number of piperidine rings is 1. The number of aryl methyl sites for hydroxylation is 1. The summed E-state index contributed by atoms with van der Waals surface area (Å²) in [6.07, 6.45) is 4.56. The van der Waals surface area contributed by atoms with Crippen molar-refractivity contribution in [3.8, 4) is 0 Å². The van der Waals surface area contributed by atoms with Crippen LogP contribution in [0, 0.1) is 12.8 Å². The highest BCUT2D eigenvalue weighted by atomic mass is 16.3. The van der Waals surface area contributed by atoms with E-state index in [0.29, 0.717) is 31.7 Å². The van der Waals surface area contributed by atoms with Gasteiger partial charge in [0, 0.05) is 26.2 Å². The van der Waals surface area contributed by atoms with Gasteiger partial charge in [-0.1, -0.05) is 12.1 Å². The molecule has 3 heterocycles. The van der Waals surface area contributed by atoms with Gasteiger partial charge < -0.3 is 19.2 Å². The number of fused-ring (bicyclic) bond motifs is 1. The number of benzene rings is 1. The van der Waals surface area contributed by atoms with E-state index >= 15 is 0 Å². The molecule has 0 bridgehead atoms. The summed E-state index contributed by atoms with van der Waals surface area (Å²) in [7, 11) is 0. The minimum atomic E-state index is -0.176. The standard InChI is InChI=1S/C21H24N4O3/c1-15-23-18-6-2-3-7-19(18)25(15)11-9-22-20(26)16-5-4-10-24(13-16)21(27)17-8-12-28-14-17/h2-3,6-8,12,14,16H,4-5,9-11,13H2,1H3,(H,22,26). The van der Waals surface area contributed by atoms with Crippen molar-refractivity contribution < 1.29 is 14.0 Å². The second-order valence-corrected chi connectivity index (χ2v) is 7.19. The van der Waals surface area contributed by atoms with Crippen LogP contribution < -0.4 is 5.32 Å². The van der Waals surface area contributed by atoms with E-state index in [2.05, 4.69) is 14.9 Å². The molecule has 1 aromatic carbocycles. The van der Waals surface area contributed by atoms with E-state index in [-0.39, 0.29) is 17.7 Å². The first kappa shape index (κ1) is 18.3. The van der Waals surface area contributed by atoms with Crippen molar-refractivity contribution in [3.05, 3.63) is 54.2 Å². The molecule has 4 rings (SSSR count). The molecule has 1 unspecified atom stereocenters. The summed E-state index contributed by atoms with van der Waals surface area (Å²) >= 11 is 0. The van der Waals surface area contributed by atoms with Crippen LogP contribution in [0.25, 0.3) is 11.0 Å². The molecular weight excluding hydrogens is 356 g/mol. The minimum absolute atomic E-state index is 0.00627. The fourth-order valence-corrected chi connectivity index (χ4v) is 3.86. The number of para-hydroxylation sites is 2. The number of imidazole rings is 1. The van der Waals surface area contributed by atoms with Gasteiger partial charge in [0.15, 0.2) is 0 Å². The number of likely N-dealkylation sites (tertiary alicyclic amines) is 1. The molecule has 3 aromatic rings. The fourth-order valence-electron chi connectivity index (χ4n) is 3.86. The number of aromatic nitrogens is 2. The molecule has 1 atom stereocenters. The SMILES string of the molecule is Cc1nc2ccccc2n1CCNC(=O)C1CCCN(C(=O)c2ccoc2)C1. The first-order chi connectivity index (χ1) is 13.6. The molecule has 1 fully saturated rings. The van der Waals surface area contributed by atoms with Crippen molar-refractivity contribution in [2.45, 2.75) is 26.3 Å². The summed E-state index contributed by atoms with van der Waals surface area (Å²) in [4.78, 5) is 31.4. The van der Waals surface area contributed by atoms with Gasteiger partial charge >= 0.3 is 0 Å². The maximum Gasteiger partial charge on any atom is 0.257 e. The van der Waals surface area contributed by atoms with Gasteiger partial charge in [-0.3, -0.25) is 9.59 Å². The number of rotatable bonds is 5. The normalized spacial score (nSPS) is 17.0. The van der Waals surface area contributed by atoms with Crippen LogP contribution in [-0.2, 0) is 11.3 Å². The van der Waals surface area contributed by atoms with E-state index < -0.39 is 0 Å². The second kappa shape index (κ2) is 7.88. The minimum Gasteiger partial charge on any atom is -0.472 e. The van der Waals surface area contributed by atoms with Crippen molar-refractivity contribution in [2.24, 2.45) is 5.92 Å². The quantitative estimate of drug-likeness (QED) is 0.738. The number of furan rings is 1. The van der Waals surface area contributed by atoms with E-state index in [4.69, 9.17) is 4.42 Å². The van der Waals surface area contributed by atoms with Crippen LogP contribution in [0.4, 0.5) is 0 Å². The highest BCUT2D eigenvalue weighted by molar-refractivity contribution is 5.94. The van der Waals surface area contributed by atoms with Gasteiger partial charge in [0.05, 0.1) is 28.8 Å². The lowest BCUT2D eigenvalue weighted by atomic mass is 9.96. The number of hydrogen-bond acceptors (Lipinski definition) is 4. The van der Waals surface area contributed by atoms with Gasteiger partial charge in [0.25, 0.3) is 5.91 Å². The Morgan fingerprint density at radius 2 is 2.14 bits per heavy atom. The summed E-state index contributed by atoms with van der Waals surface area (Å²) in [5, 5.41) is 3.03. The molecule has 1 saturated heterocycles. The Kier molecular flexibility index (Phi) is 5.14. The molecule has 0 aliphatic carbocycles. The van der Waals surface area contributed by atoms with Crippen molar-refractivity contribution >= 4 is 22.8 Å². The highest BCUT2D eigenvalue weighted by Crippen LogP contribution is 2.19. The predicted molar refractivity (Wildman–Crippen MR) is 105 cm³/mol. The lowest BCUT2D eigenvalue weighted by Gasteiger charge is -2.31. The maximum absolute atomic E-state index is 12.6. The zero-order chi connectivity index (χ0) is 19.5. The van der Waals surface area contributed by atoms with Crippen LogP contribution in [0.1, 0.15) is 29.0 Å². The number of carbonyl (C=O) groups excluding carboxylic acids is 2. The van der Waals surface area contributed by atoms with Gasteiger partial charge in [0.2, 0.25) is 5.91 Å². The summed E-state index contributed by atoms with van der Waals surface area (Å²) in [5.74, 6) is 0.689. The van der Waals surface area contributed by atoms with Crippen molar-refractivity contribution in [2.75, 3.05) is 19.6 Å². The Morgan fingerprint density at radius 3 is 2.96 bits per heavy atom. The van der Waals surface area contributed by atoms with Crippen LogP contribution in [-0.4, -0.2) is 45.9 Å². The van der Waals surface area contributed by atoms with Crippen LogP contribution in [0.2, 0.25) is 0 Å². The Morgan fingerprint density at radius 1 is 1.29 bits per heavy atom. The van der Waals surface area contributed by atoms with Crippen molar-refractivity contribution in [1.82, 2.24) is 19.8 Å². The highest BCUT2D eigenvalue weighted by Gasteiger charge is 2.29. The smallest absolute Gasteiger partial charge is 0.257 e. The molecule has 7 nitrogen and oxygen atoms in total. The van der Waals surface area contributed by atoms with Gasteiger partial charge in [-0.2, -0.15) is 0 Å². The largest absolute Gasteiger partial charge is 0.472 e. The molecule has 0 spiro atoms. The predicted octanol–water partition coefficient (Wildman–Crippen LogP) is 2.61. The zero-order valence-corrected chi connectivity index (χ0v) is 15.9. The molecule has 1 aliphatic heterocycles. The molecule has 2 aromatic heterocycles. The molecule has 2 amide bonds. The van der Waals surface area contributed by atoms with Gasteiger partial charge in [-0.15, -0.1) is 0 Å². The summed E-state index contributed by atoms with van der Waals surface area (Å²) in [5.41, 5.74) is 2.57. The summed E-state index contributed by atoms with van der Waals surface area (Å²) in [6, 6.07) is 9.65. The molecule has 146 valence electrons. The fraction of sp³-hybridized carbons (Fsp3) is 0.381. The average Bonchev–Trinajstić information content (AvgIpc) is 3.36. The Labute approximate surface area is 163 Å². The maximum atomic E-state index is 12.6. The lowest BCUT2D eigenvalue weighted by molar-refractivity contribution is -0.126. The summed E-state index contributed by atoms with van der Waals surface area (Å²) in [6.45, 7) is 4.30. The molecule has 0 saturated carbocycles. The second-order valence-electron chi connectivity index (χ2n) is 7.19. The topological polar surface area (TPSA) is 80.4 Å². The van der Waals surface area contributed by atoms with E-state index in [1.807, 2.05) is 31.2 Å². The number of hydrogen-bond donors (Lipinski definition) is 1. The van der Waals surface area contributed by atoms with E-state index in [1.165, 1.54) is 12.5 Å². The zero-order valence-electron chi connectivity index (χ0n) is 15.9. The Balaban J connectivity index is 1.33. The van der Waals surface area contributed by atoms with E-state index in [9.17, 15) is 9.59 Å². The molecule has 1 aliphatic rings. The van der Waals surface area contributed by atoms with Crippen molar-refractivity contribution in [3.63, 3.8) is 0 Å². The molecule has 7 heteroatoms. The van der Waals surface area contributed by atoms with Crippen LogP contribution in [0.3, 0.4) is 0 Å². The number of nitrogens with zero attached hydrogens (tertiary/aromatic N) is 3. The summed E-state index contributed by atoms with van der Waals surface area (Å²) < 4.78 is 7.11. The van der Waals surface area contributed by atoms with Gasteiger partial charge in [-0.25, -0.2) is 4.98 Å². The van der Waals surface area contributed by atoms with Crippen LogP contribution in [0.5, 0.6) is 0 Å². The molecule has 0 radical (unpaired) electrons. The van der Waals surface area contributed by atoms with Crippen LogP contribution in [0.15, 0.2) is 47.3 Å². The van der Waals surface area contributed by atoms with Gasteiger partial charge in [-0.05, 0) is 38.0 Å². The Bertz CT molecular complexity index is 977. The number of amides is 2. The molecule has 28 heavy (non-hydrogen) atoms. The first-order valence-corrected chi connectivity index (χ1v) is 9.64. The molecular formula is C21H24N4O3. The van der Waals surface area contributed by atoms with E-state index in [1.54, 1.807) is 11.0 Å². The van der Waals surface area contributed by atoms with E-state index in [0.717, 1.165) is 29.7 Å².